The van der Waals surface area contributed by atoms with Gasteiger partial charge in [0.15, 0.2) is 5.78 Å². The van der Waals surface area contributed by atoms with E-state index in [1.54, 1.807) is 20.8 Å². The van der Waals surface area contributed by atoms with Crippen molar-refractivity contribution >= 4 is 17.8 Å². The number of hydroxylamine groups is 2. The topological polar surface area (TPSA) is 93.1 Å². The molecule has 0 radical (unpaired) electrons. The molecule has 1 saturated carbocycles. The second-order valence-electron chi connectivity index (χ2n) is 6.64. The molecule has 0 aromatic rings. The SMILES string of the molecule is CC(=O)CN(OC1CCC(C(=O)O)CC1)C(=O)OC(C)(C)C. The normalized spacial score (nSPS) is 22.0. The standard InChI is InChI=1S/C15H25NO6/c1-10(17)9-16(14(20)21-15(2,3)4)22-12-7-5-11(6-8-12)13(18)19/h11-12H,5-9H2,1-4H3,(H,18,19). The number of nitrogens with zero attached hydrogens (tertiary/aromatic N) is 1. The highest BCUT2D eigenvalue weighted by Gasteiger charge is 2.31. The predicted molar refractivity (Wildman–Crippen MR) is 78.1 cm³/mol. The number of hydrogen-bond acceptors (Lipinski definition) is 5. The lowest BCUT2D eigenvalue weighted by Crippen LogP contribution is -2.42. The minimum Gasteiger partial charge on any atom is -0.481 e. The Balaban J connectivity index is 2.60. The monoisotopic (exact) mass is 315 g/mol. The van der Waals surface area contributed by atoms with Crippen molar-refractivity contribution in [1.29, 1.82) is 0 Å². The van der Waals surface area contributed by atoms with Crippen molar-refractivity contribution in [3.63, 3.8) is 0 Å². The first-order valence-corrected chi connectivity index (χ1v) is 7.48. The number of ketones is 1. The Bertz CT molecular complexity index is 420. The number of carboxylic acids is 1. The number of carbonyl (C=O) groups excluding carboxylic acids is 2. The molecule has 22 heavy (non-hydrogen) atoms. The van der Waals surface area contributed by atoms with Crippen molar-refractivity contribution in [2.24, 2.45) is 5.92 Å². The molecule has 1 aliphatic rings. The molecule has 0 aromatic heterocycles. The molecule has 0 spiro atoms. The molecule has 1 rings (SSSR count). The van der Waals surface area contributed by atoms with Crippen LogP contribution in [0, 0.1) is 5.92 Å². The van der Waals surface area contributed by atoms with Gasteiger partial charge in [0.25, 0.3) is 0 Å². The molecule has 7 heteroatoms. The Morgan fingerprint density at radius 1 is 1.14 bits per heavy atom. The fourth-order valence-corrected chi connectivity index (χ4v) is 2.26. The minimum absolute atomic E-state index is 0.187. The summed E-state index contributed by atoms with van der Waals surface area (Å²) in [7, 11) is 0. The molecule has 126 valence electrons. The molecule has 0 unspecified atom stereocenters. The van der Waals surface area contributed by atoms with E-state index in [9.17, 15) is 14.4 Å². The highest BCUT2D eigenvalue weighted by atomic mass is 16.7. The van der Waals surface area contributed by atoms with Gasteiger partial charge < -0.3 is 9.84 Å². The molecule has 0 heterocycles. The summed E-state index contributed by atoms with van der Waals surface area (Å²) >= 11 is 0. The van der Waals surface area contributed by atoms with Crippen LogP contribution < -0.4 is 0 Å². The van der Waals surface area contributed by atoms with Crippen LogP contribution in [0.1, 0.15) is 53.4 Å². The molecule has 1 aliphatic carbocycles. The Kier molecular flexibility index (Phi) is 6.34. The van der Waals surface area contributed by atoms with Crippen molar-refractivity contribution in [2.75, 3.05) is 6.54 Å². The number of aliphatic carboxylic acids is 1. The van der Waals surface area contributed by atoms with Crippen LogP contribution in [0.15, 0.2) is 0 Å². The number of carbonyl (C=O) groups is 3. The van der Waals surface area contributed by atoms with Crippen LogP contribution in [0.3, 0.4) is 0 Å². The van der Waals surface area contributed by atoms with Gasteiger partial charge in [-0.15, -0.1) is 0 Å². The van der Waals surface area contributed by atoms with Crippen LogP contribution in [0.5, 0.6) is 0 Å². The lowest BCUT2D eigenvalue weighted by Gasteiger charge is -2.32. The second kappa shape index (κ2) is 7.58. The number of hydrogen-bond donors (Lipinski definition) is 1. The van der Waals surface area contributed by atoms with Gasteiger partial charge in [-0.25, -0.2) is 4.79 Å². The summed E-state index contributed by atoms with van der Waals surface area (Å²) in [6.07, 6.45) is 1.10. The van der Waals surface area contributed by atoms with Crippen LogP contribution in [0.25, 0.3) is 0 Å². The van der Waals surface area contributed by atoms with Crippen LogP contribution >= 0.6 is 0 Å². The van der Waals surface area contributed by atoms with E-state index in [2.05, 4.69) is 0 Å². The van der Waals surface area contributed by atoms with E-state index < -0.39 is 17.7 Å². The largest absolute Gasteiger partial charge is 0.481 e. The van der Waals surface area contributed by atoms with Gasteiger partial charge in [-0.3, -0.25) is 14.4 Å². The smallest absolute Gasteiger partial charge is 0.434 e. The summed E-state index contributed by atoms with van der Waals surface area (Å²) in [5, 5.41) is 9.91. The van der Waals surface area contributed by atoms with Crippen molar-refractivity contribution < 1.29 is 29.1 Å². The average Bonchev–Trinajstić information content (AvgIpc) is 2.36. The second-order valence-corrected chi connectivity index (χ2v) is 6.64. The Morgan fingerprint density at radius 2 is 1.68 bits per heavy atom. The summed E-state index contributed by atoms with van der Waals surface area (Å²) in [5.41, 5.74) is -0.684. The van der Waals surface area contributed by atoms with E-state index in [0.29, 0.717) is 25.7 Å². The van der Waals surface area contributed by atoms with Crippen molar-refractivity contribution in [2.45, 2.75) is 65.1 Å². The molecule has 1 N–H and O–H groups in total. The molecule has 0 saturated heterocycles. The number of carboxylic acid groups (broad SMARTS) is 1. The van der Waals surface area contributed by atoms with Crippen LogP contribution in [0.2, 0.25) is 0 Å². The van der Waals surface area contributed by atoms with Gasteiger partial charge in [0.1, 0.15) is 12.1 Å². The minimum atomic E-state index is -0.800. The zero-order chi connectivity index (χ0) is 16.9. The molecule has 0 atom stereocenters. The molecule has 0 aliphatic heterocycles. The Labute approximate surface area is 130 Å². The van der Waals surface area contributed by atoms with Crippen molar-refractivity contribution in [3.8, 4) is 0 Å². The summed E-state index contributed by atoms with van der Waals surface area (Å²) < 4.78 is 5.22. The quantitative estimate of drug-likeness (QED) is 0.783. The molecule has 0 bridgehead atoms. The lowest BCUT2D eigenvalue weighted by atomic mass is 9.88. The predicted octanol–water partition coefficient (Wildman–Crippen LogP) is 2.39. The van der Waals surface area contributed by atoms with Gasteiger partial charge in [-0.05, 0) is 53.4 Å². The van der Waals surface area contributed by atoms with E-state index in [0.717, 1.165) is 5.06 Å². The Morgan fingerprint density at radius 3 is 2.09 bits per heavy atom. The maximum Gasteiger partial charge on any atom is 0.434 e. The average molecular weight is 315 g/mol. The van der Waals surface area contributed by atoms with Crippen molar-refractivity contribution in [1.82, 2.24) is 5.06 Å². The maximum absolute atomic E-state index is 12.1. The lowest BCUT2D eigenvalue weighted by molar-refractivity contribution is -0.192. The Hall–Kier alpha value is -1.63. The van der Waals surface area contributed by atoms with E-state index in [1.165, 1.54) is 6.92 Å². The number of ether oxygens (including phenoxy) is 1. The molecular weight excluding hydrogens is 290 g/mol. The number of Topliss-reactive ketones (excluding diaryl/α,β-unsaturated/α-hetero) is 1. The summed E-state index contributed by atoms with van der Waals surface area (Å²) in [6, 6.07) is 0. The van der Waals surface area contributed by atoms with Crippen molar-refractivity contribution in [3.05, 3.63) is 0 Å². The highest BCUT2D eigenvalue weighted by Crippen LogP contribution is 2.27. The third kappa shape index (κ3) is 6.43. The number of amides is 1. The third-order valence-electron chi connectivity index (χ3n) is 3.26. The zero-order valence-corrected chi connectivity index (χ0v) is 13.6. The van der Waals surface area contributed by atoms with E-state index in [4.69, 9.17) is 14.7 Å². The van der Waals surface area contributed by atoms with Gasteiger partial charge in [0.2, 0.25) is 0 Å². The molecule has 1 fully saturated rings. The molecular formula is C15H25NO6. The van der Waals surface area contributed by atoms with E-state index in [1.807, 2.05) is 0 Å². The zero-order valence-electron chi connectivity index (χ0n) is 13.6. The van der Waals surface area contributed by atoms with Gasteiger partial charge in [-0.2, -0.15) is 5.06 Å². The van der Waals surface area contributed by atoms with Gasteiger partial charge in [0, 0.05) is 0 Å². The first-order chi connectivity index (χ1) is 10.1. The summed E-state index contributed by atoms with van der Waals surface area (Å²) in [6.45, 7) is 6.37. The van der Waals surface area contributed by atoms with Gasteiger partial charge in [-0.1, -0.05) is 0 Å². The van der Waals surface area contributed by atoms with E-state index >= 15 is 0 Å². The fourth-order valence-electron chi connectivity index (χ4n) is 2.26. The molecule has 1 amide bonds. The number of rotatable bonds is 5. The van der Waals surface area contributed by atoms with Gasteiger partial charge in [0.05, 0.1) is 12.0 Å². The van der Waals surface area contributed by atoms with Crippen LogP contribution in [0.4, 0.5) is 4.79 Å². The van der Waals surface area contributed by atoms with Crippen LogP contribution in [-0.4, -0.2) is 46.3 Å². The van der Waals surface area contributed by atoms with Gasteiger partial charge >= 0.3 is 12.1 Å². The molecule has 7 nitrogen and oxygen atoms in total. The fraction of sp³-hybridized carbons (Fsp3) is 0.800. The highest BCUT2D eigenvalue weighted by molar-refractivity contribution is 5.81. The van der Waals surface area contributed by atoms with E-state index in [-0.39, 0.29) is 24.3 Å². The summed E-state index contributed by atoms with van der Waals surface area (Å²) in [4.78, 5) is 39.9. The van der Waals surface area contributed by atoms with Crippen LogP contribution in [-0.2, 0) is 19.2 Å². The first-order valence-electron chi connectivity index (χ1n) is 7.48. The molecule has 0 aromatic carbocycles. The summed E-state index contributed by atoms with van der Waals surface area (Å²) in [5.74, 6) is -1.38. The first kappa shape index (κ1) is 18.4. The maximum atomic E-state index is 12.1. The third-order valence-corrected chi connectivity index (χ3v) is 3.26.